The zero-order chi connectivity index (χ0) is 31.1. The van der Waals surface area contributed by atoms with Crippen molar-refractivity contribution in [2.24, 2.45) is 10.2 Å². The predicted molar refractivity (Wildman–Crippen MR) is 168 cm³/mol. The van der Waals surface area contributed by atoms with Gasteiger partial charge < -0.3 is 19.7 Å². The van der Waals surface area contributed by atoms with Gasteiger partial charge in [0.05, 0.1) is 42.4 Å². The van der Waals surface area contributed by atoms with Crippen LogP contribution in [0.25, 0.3) is 11.0 Å². The summed E-state index contributed by atoms with van der Waals surface area (Å²) < 4.78 is 40.4. The van der Waals surface area contributed by atoms with Crippen LogP contribution in [0.4, 0.5) is 23.0 Å². The lowest BCUT2D eigenvalue weighted by Crippen LogP contribution is -2.32. The van der Waals surface area contributed by atoms with Gasteiger partial charge in [0.15, 0.2) is 11.6 Å². The molecule has 0 spiro atoms. The molecule has 0 radical (unpaired) electrons. The fourth-order valence-corrected chi connectivity index (χ4v) is 5.72. The minimum Gasteiger partial charge on any atom is -0.497 e. The van der Waals surface area contributed by atoms with E-state index in [1.54, 1.807) is 42.5 Å². The van der Waals surface area contributed by atoms with E-state index in [0.29, 0.717) is 28.2 Å². The average Bonchev–Trinajstić information content (AvgIpc) is 3.23. The van der Waals surface area contributed by atoms with E-state index < -0.39 is 15.9 Å². The number of amides is 1. The van der Waals surface area contributed by atoms with E-state index in [0.717, 1.165) is 32.6 Å². The Morgan fingerprint density at radius 1 is 0.886 bits per heavy atom. The van der Waals surface area contributed by atoms with Crippen molar-refractivity contribution in [1.29, 1.82) is 0 Å². The highest BCUT2D eigenvalue weighted by Gasteiger charge is 2.20. The van der Waals surface area contributed by atoms with Crippen LogP contribution in [-0.2, 0) is 14.8 Å². The van der Waals surface area contributed by atoms with E-state index in [9.17, 15) is 13.2 Å². The summed E-state index contributed by atoms with van der Waals surface area (Å²) in [6, 6.07) is 18.2. The van der Waals surface area contributed by atoms with Gasteiger partial charge in [-0.05, 0) is 56.9 Å². The van der Waals surface area contributed by atoms with Crippen molar-refractivity contribution < 1.29 is 22.7 Å². The molecule has 5 rings (SSSR count). The van der Waals surface area contributed by atoms with Crippen molar-refractivity contribution in [2.75, 3.05) is 64.0 Å². The van der Waals surface area contributed by atoms with Crippen LogP contribution in [-0.4, -0.2) is 88.1 Å². The summed E-state index contributed by atoms with van der Waals surface area (Å²) in [6.45, 7) is 3.61. The van der Waals surface area contributed by atoms with Gasteiger partial charge >= 0.3 is 0 Å². The number of nitrogens with zero attached hydrogens (tertiary/aromatic N) is 6. The second-order valence-corrected chi connectivity index (χ2v) is 11.9. The molecule has 0 saturated carbocycles. The zero-order valence-corrected chi connectivity index (χ0v) is 25.5. The Bertz CT molecular complexity index is 1760. The van der Waals surface area contributed by atoms with Gasteiger partial charge in [0.25, 0.3) is 15.9 Å². The number of azo groups is 1. The fourth-order valence-electron chi connectivity index (χ4n) is 4.67. The standard InChI is InChI=1S/C30H34N8O5S/c1-37-12-7-13-38(15-14-37)20-28(39)35-34-21-8-6-9-25(18-21)44(40,41)36-30-29(32-26-10-4-5-11-27(26)33-30)31-22-16-23(42-2)19-24(17-22)43-3/h4-6,8-11,16-19H,7,12-15,20H2,1-3H3,(H,31,32)(H,33,36). The van der Waals surface area contributed by atoms with Gasteiger partial charge in [0.2, 0.25) is 0 Å². The lowest BCUT2D eigenvalue weighted by Gasteiger charge is -2.17. The number of para-hydroxylation sites is 2. The number of ether oxygens (including phenoxy) is 2. The Morgan fingerprint density at radius 2 is 1.59 bits per heavy atom. The summed E-state index contributed by atoms with van der Waals surface area (Å²) in [5.41, 5.74) is 1.83. The first-order chi connectivity index (χ1) is 21.2. The fraction of sp³-hybridized carbons (Fsp3) is 0.300. The second kappa shape index (κ2) is 13.8. The maximum atomic E-state index is 13.6. The molecule has 1 saturated heterocycles. The zero-order valence-electron chi connectivity index (χ0n) is 24.7. The molecule has 13 nitrogen and oxygen atoms in total. The number of fused-ring (bicyclic) bond motifs is 1. The molecule has 2 heterocycles. The van der Waals surface area contributed by atoms with Crippen LogP contribution in [0.5, 0.6) is 11.5 Å². The van der Waals surface area contributed by atoms with Crippen molar-refractivity contribution in [2.45, 2.75) is 11.3 Å². The summed E-state index contributed by atoms with van der Waals surface area (Å²) >= 11 is 0. The second-order valence-electron chi connectivity index (χ2n) is 10.3. The number of aromatic nitrogens is 2. The molecule has 230 valence electrons. The van der Waals surface area contributed by atoms with Gasteiger partial charge in [-0.25, -0.2) is 18.4 Å². The molecule has 0 unspecified atom stereocenters. The molecule has 1 aliphatic rings. The van der Waals surface area contributed by atoms with Gasteiger partial charge in [-0.15, -0.1) is 10.2 Å². The molecular formula is C30H34N8O5S. The molecule has 3 aromatic carbocycles. The van der Waals surface area contributed by atoms with Crippen molar-refractivity contribution in [3.63, 3.8) is 0 Å². The minimum absolute atomic E-state index is 0.0178. The van der Waals surface area contributed by atoms with E-state index in [1.807, 2.05) is 11.0 Å². The average molecular weight is 619 g/mol. The van der Waals surface area contributed by atoms with Crippen LogP contribution < -0.4 is 19.5 Å². The third-order valence-electron chi connectivity index (χ3n) is 6.99. The Morgan fingerprint density at radius 3 is 2.30 bits per heavy atom. The van der Waals surface area contributed by atoms with E-state index in [2.05, 4.69) is 42.2 Å². The SMILES string of the molecule is COc1cc(Nc2nc3ccccc3nc2NS(=O)(=O)c2cccc(N=NC(=O)CN3CCCN(C)CC3)c2)cc(OC)c1. The normalized spacial score (nSPS) is 14.8. The van der Waals surface area contributed by atoms with E-state index in [1.165, 1.54) is 32.4 Å². The monoisotopic (exact) mass is 618 g/mol. The quantitative estimate of drug-likeness (QED) is 0.244. The Labute approximate surface area is 256 Å². The third kappa shape index (κ3) is 7.83. The van der Waals surface area contributed by atoms with Crippen molar-refractivity contribution >= 4 is 50.0 Å². The van der Waals surface area contributed by atoms with Crippen LogP contribution in [0.1, 0.15) is 6.42 Å². The molecule has 14 heteroatoms. The molecule has 1 aliphatic heterocycles. The van der Waals surface area contributed by atoms with E-state index in [-0.39, 0.29) is 28.8 Å². The number of methoxy groups -OCH3 is 2. The molecular weight excluding hydrogens is 584 g/mol. The molecule has 0 atom stereocenters. The van der Waals surface area contributed by atoms with Gasteiger partial charge in [-0.1, -0.05) is 18.2 Å². The van der Waals surface area contributed by atoms with E-state index in [4.69, 9.17) is 9.47 Å². The highest BCUT2D eigenvalue weighted by atomic mass is 32.2. The van der Waals surface area contributed by atoms with Crippen LogP contribution in [0.2, 0.25) is 0 Å². The Kier molecular flexibility index (Phi) is 9.62. The van der Waals surface area contributed by atoms with Crippen molar-refractivity contribution in [3.05, 3.63) is 66.7 Å². The molecule has 0 bridgehead atoms. The molecule has 1 fully saturated rings. The molecule has 1 aromatic heterocycles. The minimum atomic E-state index is -4.16. The molecule has 44 heavy (non-hydrogen) atoms. The molecule has 0 aliphatic carbocycles. The number of nitrogens with one attached hydrogen (secondary N) is 2. The van der Waals surface area contributed by atoms with Gasteiger partial charge in [0.1, 0.15) is 11.5 Å². The van der Waals surface area contributed by atoms with Crippen LogP contribution in [0.15, 0.2) is 81.9 Å². The molecule has 4 aromatic rings. The first-order valence-electron chi connectivity index (χ1n) is 14.0. The lowest BCUT2D eigenvalue weighted by molar-refractivity contribution is -0.119. The Hall–Kier alpha value is -4.66. The largest absolute Gasteiger partial charge is 0.497 e. The van der Waals surface area contributed by atoms with Gasteiger partial charge in [-0.3, -0.25) is 14.4 Å². The number of hydrogen-bond acceptors (Lipinski definition) is 11. The van der Waals surface area contributed by atoms with Crippen LogP contribution >= 0.6 is 0 Å². The Balaban J connectivity index is 1.38. The lowest BCUT2D eigenvalue weighted by atomic mass is 10.2. The van der Waals surface area contributed by atoms with Crippen LogP contribution in [0, 0.1) is 0 Å². The van der Waals surface area contributed by atoms with Gasteiger partial charge in [0, 0.05) is 37.0 Å². The number of likely N-dealkylation sites (N-methyl/N-ethyl adjacent to an activating group) is 1. The molecule has 2 N–H and O–H groups in total. The maximum absolute atomic E-state index is 13.6. The number of carbonyl (C=O) groups is 1. The van der Waals surface area contributed by atoms with Crippen molar-refractivity contribution in [1.82, 2.24) is 19.8 Å². The van der Waals surface area contributed by atoms with E-state index >= 15 is 0 Å². The summed E-state index contributed by atoms with van der Waals surface area (Å²) in [6.07, 6.45) is 0.973. The number of carbonyl (C=O) groups excluding carboxylic acids is 1. The first-order valence-corrected chi connectivity index (χ1v) is 15.5. The molecule has 1 amide bonds. The summed E-state index contributed by atoms with van der Waals surface area (Å²) in [4.78, 5) is 25.9. The first kappa shape index (κ1) is 30.8. The van der Waals surface area contributed by atoms with Gasteiger partial charge in [-0.2, -0.15) is 0 Å². The third-order valence-corrected chi connectivity index (χ3v) is 8.33. The smallest absolute Gasteiger partial charge is 0.278 e. The maximum Gasteiger partial charge on any atom is 0.278 e. The highest BCUT2D eigenvalue weighted by Crippen LogP contribution is 2.31. The summed E-state index contributed by atoms with van der Waals surface area (Å²) in [5, 5.41) is 11.0. The predicted octanol–water partition coefficient (Wildman–Crippen LogP) is 4.44. The number of sulfonamides is 1. The summed E-state index contributed by atoms with van der Waals surface area (Å²) in [7, 11) is 0.970. The van der Waals surface area contributed by atoms with Crippen LogP contribution in [0.3, 0.4) is 0 Å². The van der Waals surface area contributed by atoms with Crippen molar-refractivity contribution in [3.8, 4) is 11.5 Å². The summed E-state index contributed by atoms with van der Waals surface area (Å²) in [5.74, 6) is 0.828. The highest BCUT2D eigenvalue weighted by molar-refractivity contribution is 7.92. The number of anilines is 3. The topological polar surface area (TPSA) is 151 Å². The number of benzene rings is 3. The number of rotatable bonds is 10. The number of hydrogen-bond donors (Lipinski definition) is 2.